The Morgan fingerprint density at radius 1 is 1.42 bits per heavy atom. The van der Waals surface area contributed by atoms with Gasteiger partial charge in [-0.2, -0.15) is 0 Å². The first-order valence-corrected chi connectivity index (χ1v) is 7.04. The van der Waals surface area contributed by atoms with Gasteiger partial charge >= 0.3 is 0 Å². The Morgan fingerprint density at radius 2 is 2.26 bits per heavy atom. The van der Waals surface area contributed by atoms with Gasteiger partial charge in [-0.25, -0.2) is 0 Å². The van der Waals surface area contributed by atoms with E-state index in [1.165, 1.54) is 11.1 Å². The lowest BCUT2D eigenvalue weighted by Crippen LogP contribution is -2.33. The van der Waals surface area contributed by atoms with Crippen molar-refractivity contribution >= 4 is 5.91 Å². The third-order valence-corrected chi connectivity index (χ3v) is 3.91. The lowest BCUT2D eigenvalue weighted by molar-refractivity contribution is 0.0762. The van der Waals surface area contributed by atoms with Crippen LogP contribution < -0.4 is 5.32 Å². The van der Waals surface area contributed by atoms with E-state index >= 15 is 0 Å². The number of nitrogens with zero attached hydrogens (tertiary/aromatic N) is 1. The molecule has 1 aliphatic heterocycles. The minimum atomic E-state index is 0.149. The van der Waals surface area contributed by atoms with Gasteiger partial charge in [-0.05, 0) is 49.1 Å². The van der Waals surface area contributed by atoms with E-state index < -0.39 is 0 Å². The van der Waals surface area contributed by atoms with Crippen LogP contribution in [0.25, 0.3) is 0 Å². The summed E-state index contributed by atoms with van der Waals surface area (Å²) in [5.74, 6) is 0.149. The van der Waals surface area contributed by atoms with Gasteiger partial charge in [0, 0.05) is 24.7 Å². The van der Waals surface area contributed by atoms with Gasteiger partial charge in [0.05, 0.1) is 0 Å². The first-order chi connectivity index (χ1) is 9.29. The van der Waals surface area contributed by atoms with Crippen molar-refractivity contribution < 1.29 is 4.79 Å². The Morgan fingerprint density at radius 3 is 3.00 bits per heavy atom. The van der Waals surface area contributed by atoms with Crippen LogP contribution in [0.1, 0.15) is 34.3 Å². The van der Waals surface area contributed by atoms with Gasteiger partial charge in [0.15, 0.2) is 0 Å². The third kappa shape index (κ3) is 2.56. The molecule has 1 aromatic rings. The van der Waals surface area contributed by atoms with E-state index in [0.717, 1.165) is 37.9 Å². The van der Waals surface area contributed by atoms with Crippen molar-refractivity contribution in [3.8, 4) is 0 Å². The van der Waals surface area contributed by atoms with Crippen molar-refractivity contribution in [1.29, 1.82) is 0 Å². The molecule has 1 amide bonds. The first-order valence-electron chi connectivity index (χ1n) is 7.04. The fourth-order valence-electron chi connectivity index (χ4n) is 2.70. The van der Waals surface area contributed by atoms with Gasteiger partial charge < -0.3 is 10.2 Å². The summed E-state index contributed by atoms with van der Waals surface area (Å²) in [5.41, 5.74) is 3.46. The van der Waals surface area contributed by atoms with E-state index in [1.54, 1.807) is 0 Å². The quantitative estimate of drug-likeness (QED) is 0.837. The molecule has 0 aromatic heterocycles. The number of carbonyl (C=O) groups excluding carboxylic acids is 1. The number of hydrogen-bond acceptors (Lipinski definition) is 2. The van der Waals surface area contributed by atoms with Gasteiger partial charge in [0.2, 0.25) is 0 Å². The van der Waals surface area contributed by atoms with Crippen LogP contribution in [0.15, 0.2) is 30.9 Å². The minimum Gasteiger partial charge on any atom is -0.332 e. The maximum absolute atomic E-state index is 12.6. The second kappa shape index (κ2) is 5.17. The minimum absolute atomic E-state index is 0.149. The first kappa shape index (κ1) is 12.4. The van der Waals surface area contributed by atoms with Gasteiger partial charge in [-0.3, -0.25) is 4.79 Å². The number of carbonyl (C=O) groups is 1. The van der Waals surface area contributed by atoms with Crippen molar-refractivity contribution in [3.05, 3.63) is 47.5 Å². The highest BCUT2D eigenvalue weighted by Gasteiger charge is 2.32. The predicted octanol–water partition coefficient (Wildman–Crippen LogP) is 2.12. The Labute approximate surface area is 114 Å². The molecule has 1 heterocycles. The normalized spacial score (nSPS) is 17.7. The van der Waals surface area contributed by atoms with Crippen molar-refractivity contribution in [1.82, 2.24) is 10.2 Å². The van der Waals surface area contributed by atoms with Crippen LogP contribution in [0.4, 0.5) is 0 Å². The highest BCUT2D eigenvalue weighted by atomic mass is 16.2. The molecule has 2 aliphatic rings. The molecule has 1 fully saturated rings. The smallest absolute Gasteiger partial charge is 0.254 e. The van der Waals surface area contributed by atoms with Crippen molar-refractivity contribution in [3.63, 3.8) is 0 Å². The summed E-state index contributed by atoms with van der Waals surface area (Å²) >= 11 is 0. The molecule has 19 heavy (non-hydrogen) atoms. The zero-order valence-corrected chi connectivity index (χ0v) is 11.2. The molecule has 1 aromatic carbocycles. The SMILES string of the molecule is C=CCN(C(=O)c1ccc2c(c1)CNCC2)C1CC1. The fourth-order valence-corrected chi connectivity index (χ4v) is 2.70. The summed E-state index contributed by atoms with van der Waals surface area (Å²) in [4.78, 5) is 14.5. The van der Waals surface area contributed by atoms with E-state index in [0.29, 0.717) is 12.6 Å². The second-order valence-corrected chi connectivity index (χ2v) is 5.39. The zero-order valence-electron chi connectivity index (χ0n) is 11.2. The molecule has 0 spiro atoms. The predicted molar refractivity (Wildman–Crippen MR) is 76.1 cm³/mol. The van der Waals surface area contributed by atoms with Crippen molar-refractivity contribution in [2.24, 2.45) is 0 Å². The van der Waals surface area contributed by atoms with E-state index in [1.807, 2.05) is 17.0 Å². The van der Waals surface area contributed by atoms with Gasteiger partial charge in [-0.15, -0.1) is 6.58 Å². The van der Waals surface area contributed by atoms with Crippen molar-refractivity contribution in [2.45, 2.75) is 31.8 Å². The Hall–Kier alpha value is -1.61. The van der Waals surface area contributed by atoms with Crippen LogP contribution in [0.2, 0.25) is 0 Å². The molecule has 0 unspecified atom stereocenters. The summed E-state index contributed by atoms with van der Waals surface area (Å²) in [7, 11) is 0. The van der Waals surface area contributed by atoms with E-state index in [9.17, 15) is 4.79 Å². The highest BCUT2D eigenvalue weighted by molar-refractivity contribution is 5.95. The van der Waals surface area contributed by atoms with Crippen LogP contribution in [-0.2, 0) is 13.0 Å². The number of hydrogen-bond donors (Lipinski definition) is 1. The fraction of sp³-hybridized carbons (Fsp3) is 0.438. The van der Waals surface area contributed by atoms with Gasteiger partial charge in [-0.1, -0.05) is 12.1 Å². The lowest BCUT2D eigenvalue weighted by Gasteiger charge is -2.22. The molecule has 0 bridgehead atoms. The van der Waals surface area contributed by atoms with Crippen LogP contribution >= 0.6 is 0 Å². The maximum atomic E-state index is 12.6. The zero-order chi connectivity index (χ0) is 13.2. The topological polar surface area (TPSA) is 32.3 Å². The molecule has 3 rings (SSSR count). The van der Waals surface area contributed by atoms with Crippen molar-refractivity contribution in [2.75, 3.05) is 13.1 Å². The summed E-state index contributed by atoms with van der Waals surface area (Å²) < 4.78 is 0. The summed E-state index contributed by atoms with van der Waals surface area (Å²) in [6, 6.07) is 6.58. The van der Waals surface area contributed by atoms with Crippen LogP contribution in [-0.4, -0.2) is 29.9 Å². The summed E-state index contributed by atoms with van der Waals surface area (Å²) in [5, 5.41) is 3.36. The third-order valence-electron chi connectivity index (χ3n) is 3.91. The summed E-state index contributed by atoms with van der Waals surface area (Å²) in [6.07, 6.45) is 5.14. The average molecular weight is 256 g/mol. The maximum Gasteiger partial charge on any atom is 0.254 e. The van der Waals surface area contributed by atoms with Crippen LogP contribution in [0.3, 0.4) is 0 Å². The molecule has 3 heteroatoms. The molecule has 1 N–H and O–H groups in total. The highest BCUT2D eigenvalue weighted by Crippen LogP contribution is 2.28. The van der Waals surface area contributed by atoms with E-state index in [-0.39, 0.29) is 5.91 Å². The molecule has 1 saturated carbocycles. The molecule has 1 aliphatic carbocycles. The molecular formula is C16H20N2O. The molecule has 0 atom stereocenters. The number of amides is 1. The standard InChI is InChI=1S/C16H20N2O/c1-2-9-18(15-5-6-15)16(19)13-4-3-12-7-8-17-11-14(12)10-13/h2-4,10,15,17H,1,5-9,11H2. The number of fused-ring (bicyclic) bond motifs is 1. The monoisotopic (exact) mass is 256 g/mol. The second-order valence-electron chi connectivity index (χ2n) is 5.39. The summed E-state index contributed by atoms with van der Waals surface area (Å²) in [6.45, 7) is 6.31. The van der Waals surface area contributed by atoms with Crippen LogP contribution in [0, 0.1) is 0 Å². The average Bonchev–Trinajstić information content (AvgIpc) is 3.28. The Bertz CT molecular complexity index is 505. The molecular weight excluding hydrogens is 236 g/mol. The number of nitrogens with one attached hydrogen (secondary N) is 1. The van der Waals surface area contributed by atoms with E-state index in [4.69, 9.17) is 0 Å². The van der Waals surface area contributed by atoms with E-state index in [2.05, 4.69) is 24.0 Å². The molecule has 100 valence electrons. The van der Waals surface area contributed by atoms with Crippen LogP contribution in [0.5, 0.6) is 0 Å². The Balaban J connectivity index is 1.84. The molecule has 3 nitrogen and oxygen atoms in total. The number of rotatable bonds is 4. The number of benzene rings is 1. The van der Waals surface area contributed by atoms with Gasteiger partial charge in [0.1, 0.15) is 0 Å². The lowest BCUT2D eigenvalue weighted by atomic mass is 9.98. The Kier molecular flexibility index (Phi) is 3.38. The van der Waals surface area contributed by atoms with Gasteiger partial charge in [0.25, 0.3) is 5.91 Å². The largest absolute Gasteiger partial charge is 0.332 e. The molecule has 0 radical (unpaired) electrons. The molecule has 0 saturated heterocycles.